The summed E-state index contributed by atoms with van der Waals surface area (Å²) in [7, 11) is 7.13. The number of carbonyl (C=O) groups excluding carboxylic acids is 1. The lowest BCUT2D eigenvalue weighted by Gasteiger charge is -2.11. The van der Waals surface area contributed by atoms with Gasteiger partial charge in [-0.3, -0.25) is 0 Å². The van der Waals surface area contributed by atoms with E-state index < -0.39 is 0 Å². The lowest BCUT2D eigenvalue weighted by molar-refractivity contribution is 0.112. The van der Waals surface area contributed by atoms with Gasteiger partial charge >= 0.3 is 6.09 Å². The summed E-state index contributed by atoms with van der Waals surface area (Å²) in [6.45, 7) is 0.221. The molecule has 144 valence electrons. The zero-order valence-corrected chi connectivity index (χ0v) is 16.3. The molecule has 0 fully saturated rings. The second-order valence-electron chi connectivity index (χ2n) is 6.86. The average molecular weight is 378 g/mol. The van der Waals surface area contributed by atoms with Crippen molar-refractivity contribution in [2.75, 3.05) is 26.5 Å². The number of pyridine rings is 1. The molecule has 3 heterocycles. The summed E-state index contributed by atoms with van der Waals surface area (Å²) in [5.74, 6) is 0.737. The third kappa shape index (κ3) is 3.02. The highest BCUT2D eigenvalue weighted by atomic mass is 16.6. The molecule has 0 spiro atoms. The first-order valence-electron chi connectivity index (χ1n) is 8.93. The molecule has 2 N–H and O–H groups in total. The minimum atomic E-state index is -0.363. The van der Waals surface area contributed by atoms with Crippen LogP contribution in [0.25, 0.3) is 33.3 Å². The Morgan fingerprint density at radius 3 is 2.89 bits per heavy atom. The van der Waals surface area contributed by atoms with E-state index in [-0.39, 0.29) is 12.7 Å². The molecule has 1 aromatic carbocycles. The van der Waals surface area contributed by atoms with Crippen molar-refractivity contribution in [2.45, 2.75) is 6.61 Å². The molecule has 1 amide bonds. The summed E-state index contributed by atoms with van der Waals surface area (Å²) < 4.78 is 7.27. The van der Waals surface area contributed by atoms with Crippen molar-refractivity contribution in [1.29, 1.82) is 0 Å². The van der Waals surface area contributed by atoms with E-state index in [9.17, 15) is 4.79 Å². The first-order chi connectivity index (χ1) is 13.5. The number of aromatic amines is 1. The summed E-state index contributed by atoms with van der Waals surface area (Å²) in [5.41, 5.74) is 5.51. The fourth-order valence-electron chi connectivity index (χ4n) is 3.23. The first-order valence-corrected chi connectivity index (χ1v) is 8.93. The monoisotopic (exact) mass is 378 g/mol. The normalized spacial score (nSPS) is 11.1. The highest BCUT2D eigenvalue weighted by Crippen LogP contribution is 2.31. The van der Waals surface area contributed by atoms with E-state index in [1.807, 2.05) is 42.9 Å². The second-order valence-corrected chi connectivity index (χ2v) is 6.86. The van der Waals surface area contributed by atoms with Crippen LogP contribution in [0.2, 0.25) is 0 Å². The zero-order chi connectivity index (χ0) is 19.8. The molecule has 3 aromatic heterocycles. The number of anilines is 1. The van der Waals surface area contributed by atoms with Crippen LogP contribution >= 0.6 is 0 Å². The van der Waals surface area contributed by atoms with Crippen LogP contribution in [0.1, 0.15) is 5.56 Å². The van der Waals surface area contributed by atoms with Gasteiger partial charge in [-0.05, 0) is 23.3 Å². The Bertz CT molecular complexity index is 1170. The van der Waals surface area contributed by atoms with Gasteiger partial charge in [-0.2, -0.15) is 0 Å². The summed E-state index contributed by atoms with van der Waals surface area (Å²) >= 11 is 0. The van der Waals surface area contributed by atoms with E-state index in [1.165, 1.54) is 4.90 Å². The van der Waals surface area contributed by atoms with Crippen molar-refractivity contribution in [3.05, 3.63) is 42.2 Å². The SMILES string of the molecule is CNc1nc2[nH]c(-c3cccc(COC(=O)N(C)C)c3)cc2c2c1ncn2C. The molecule has 0 aliphatic heterocycles. The number of hydrogen-bond donors (Lipinski definition) is 2. The van der Waals surface area contributed by atoms with Crippen LogP contribution in [0.3, 0.4) is 0 Å². The Morgan fingerprint density at radius 1 is 1.32 bits per heavy atom. The molecular formula is C20H22N6O2. The van der Waals surface area contributed by atoms with Crippen molar-refractivity contribution in [3.63, 3.8) is 0 Å². The number of H-pyrrole nitrogens is 1. The van der Waals surface area contributed by atoms with Crippen molar-refractivity contribution < 1.29 is 9.53 Å². The predicted molar refractivity (Wildman–Crippen MR) is 109 cm³/mol. The summed E-state index contributed by atoms with van der Waals surface area (Å²) in [4.78, 5) is 25.6. The topological polar surface area (TPSA) is 88.1 Å². The Labute approximate surface area is 162 Å². The van der Waals surface area contributed by atoms with Crippen LogP contribution < -0.4 is 5.32 Å². The first kappa shape index (κ1) is 17.8. The highest BCUT2D eigenvalue weighted by molar-refractivity contribution is 6.07. The third-order valence-corrected chi connectivity index (χ3v) is 4.64. The maximum absolute atomic E-state index is 11.7. The van der Waals surface area contributed by atoms with E-state index in [0.29, 0.717) is 0 Å². The van der Waals surface area contributed by atoms with Gasteiger partial charge in [-0.15, -0.1) is 0 Å². The molecule has 0 saturated carbocycles. The number of rotatable bonds is 4. The van der Waals surface area contributed by atoms with Crippen molar-refractivity contribution in [3.8, 4) is 11.3 Å². The largest absolute Gasteiger partial charge is 0.445 e. The number of imidazole rings is 1. The molecule has 0 aliphatic carbocycles. The van der Waals surface area contributed by atoms with Gasteiger partial charge in [0.05, 0.1) is 11.8 Å². The molecule has 0 saturated heterocycles. The maximum atomic E-state index is 11.7. The number of carbonyl (C=O) groups is 1. The quantitative estimate of drug-likeness (QED) is 0.568. The van der Waals surface area contributed by atoms with E-state index in [2.05, 4.69) is 26.3 Å². The van der Waals surface area contributed by atoms with Crippen molar-refractivity contribution in [2.24, 2.45) is 7.05 Å². The molecule has 0 aliphatic rings. The number of hydrogen-bond acceptors (Lipinski definition) is 5. The van der Waals surface area contributed by atoms with Crippen LogP contribution in [0.4, 0.5) is 10.6 Å². The maximum Gasteiger partial charge on any atom is 0.409 e. The standard InChI is InChI=1S/C20H22N6O2/c1-21-19-16-17(26(4)11-22-16)14-9-15(23-18(14)24-19)13-7-5-6-12(8-13)10-28-20(27)25(2)3/h5-9,11H,10H2,1-4H3,(H2,21,23,24). The summed E-state index contributed by atoms with van der Waals surface area (Å²) in [5, 5.41) is 4.12. The molecule has 0 unspecified atom stereocenters. The molecule has 0 bridgehead atoms. The van der Waals surface area contributed by atoms with Gasteiger partial charge in [0.1, 0.15) is 17.8 Å². The minimum Gasteiger partial charge on any atom is -0.445 e. The van der Waals surface area contributed by atoms with Crippen molar-refractivity contribution >= 4 is 34.0 Å². The number of nitrogens with zero attached hydrogens (tertiary/aromatic N) is 4. The lowest BCUT2D eigenvalue weighted by atomic mass is 10.1. The molecule has 28 heavy (non-hydrogen) atoms. The molecule has 8 nitrogen and oxygen atoms in total. The Morgan fingerprint density at radius 2 is 2.14 bits per heavy atom. The number of aromatic nitrogens is 4. The lowest BCUT2D eigenvalue weighted by Crippen LogP contribution is -2.22. The molecular weight excluding hydrogens is 356 g/mol. The zero-order valence-electron chi connectivity index (χ0n) is 16.3. The Kier molecular flexibility index (Phi) is 4.38. The number of amides is 1. The fourth-order valence-corrected chi connectivity index (χ4v) is 3.23. The average Bonchev–Trinajstić information content (AvgIpc) is 3.29. The van der Waals surface area contributed by atoms with Crippen LogP contribution in [0, 0.1) is 0 Å². The van der Waals surface area contributed by atoms with Crippen molar-refractivity contribution in [1.82, 2.24) is 24.4 Å². The van der Waals surface area contributed by atoms with Gasteiger partial charge in [0.15, 0.2) is 5.82 Å². The number of fused-ring (bicyclic) bond motifs is 3. The number of aryl methyl sites for hydroxylation is 1. The number of benzene rings is 1. The van der Waals surface area contributed by atoms with E-state index in [0.717, 1.165) is 44.7 Å². The summed E-state index contributed by atoms with van der Waals surface area (Å²) in [6, 6.07) is 9.99. The van der Waals surface area contributed by atoms with Crippen LogP contribution in [-0.4, -0.2) is 51.7 Å². The van der Waals surface area contributed by atoms with Gasteiger partial charge in [0.2, 0.25) is 0 Å². The Hall–Kier alpha value is -3.55. The van der Waals surface area contributed by atoms with Gasteiger partial charge in [-0.25, -0.2) is 14.8 Å². The molecule has 4 rings (SSSR count). The van der Waals surface area contributed by atoms with Crippen LogP contribution in [-0.2, 0) is 18.4 Å². The van der Waals surface area contributed by atoms with Gasteiger partial charge < -0.3 is 24.5 Å². The molecule has 4 aromatic rings. The smallest absolute Gasteiger partial charge is 0.409 e. The van der Waals surface area contributed by atoms with Gasteiger partial charge in [0.25, 0.3) is 0 Å². The fraction of sp³-hybridized carbons (Fsp3) is 0.250. The predicted octanol–water partition coefficient (Wildman–Crippen LogP) is 3.36. The number of nitrogens with one attached hydrogen (secondary N) is 2. The van der Waals surface area contributed by atoms with Crippen LogP contribution in [0.15, 0.2) is 36.7 Å². The highest BCUT2D eigenvalue weighted by Gasteiger charge is 2.15. The third-order valence-electron chi connectivity index (χ3n) is 4.64. The minimum absolute atomic E-state index is 0.221. The molecule has 8 heteroatoms. The van der Waals surface area contributed by atoms with Gasteiger partial charge in [-0.1, -0.05) is 18.2 Å². The Balaban J connectivity index is 1.74. The van der Waals surface area contributed by atoms with E-state index >= 15 is 0 Å². The van der Waals surface area contributed by atoms with Gasteiger partial charge in [0, 0.05) is 39.3 Å². The number of ether oxygens (including phenoxy) is 1. The second kappa shape index (κ2) is 6.88. The van der Waals surface area contributed by atoms with Crippen LogP contribution in [0.5, 0.6) is 0 Å². The van der Waals surface area contributed by atoms with E-state index in [4.69, 9.17) is 4.74 Å². The molecule has 0 atom stereocenters. The van der Waals surface area contributed by atoms with E-state index in [1.54, 1.807) is 20.4 Å². The summed E-state index contributed by atoms with van der Waals surface area (Å²) in [6.07, 6.45) is 1.43. The molecule has 0 radical (unpaired) electrons.